The number of rotatable bonds is 5. The summed E-state index contributed by atoms with van der Waals surface area (Å²) in [5.74, 6) is -1.61. The average molecular weight is 379 g/mol. The minimum absolute atomic E-state index is 0.117. The Bertz CT molecular complexity index is 1120. The minimum Gasteiger partial charge on any atom is -0.476 e. The van der Waals surface area contributed by atoms with Gasteiger partial charge in [-0.15, -0.1) is 11.3 Å². The van der Waals surface area contributed by atoms with Crippen LogP contribution in [0.1, 0.15) is 31.3 Å². The predicted molar refractivity (Wildman–Crippen MR) is 98.4 cm³/mol. The smallest absolute Gasteiger partial charge is 0.355 e. The maximum absolute atomic E-state index is 12.0. The molecule has 1 aromatic carbocycles. The number of aromatic nitrogens is 4. The predicted octanol–water partition coefficient (Wildman–Crippen LogP) is 2.22. The second kappa shape index (κ2) is 6.61. The molecule has 0 atom stereocenters. The molecule has 2 aliphatic rings. The summed E-state index contributed by atoms with van der Waals surface area (Å²) in [5.41, 5.74) is 6.87. The molecule has 0 unspecified atom stereocenters. The van der Waals surface area contributed by atoms with Gasteiger partial charge in [0.15, 0.2) is 11.5 Å². The van der Waals surface area contributed by atoms with E-state index in [2.05, 4.69) is 15.0 Å². The van der Waals surface area contributed by atoms with Gasteiger partial charge in [-0.05, 0) is 11.6 Å². The lowest BCUT2D eigenvalue weighted by Gasteiger charge is -2.11. The molecule has 0 radical (unpaired) electrons. The van der Waals surface area contributed by atoms with E-state index in [1.807, 2.05) is 30.3 Å². The molecule has 8 nitrogen and oxygen atoms in total. The van der Waals surface area contributed by atoms with Crippen LogP contribution in [-0.4, -0.2) is 36.5 Å². The lowest BCUT2D eigenvalue weighted by molar-refractivity contribution is 0.0687. The Labute approximate surface area is 157 Å². The third-order valence-electron chi connectivity index (χ3n) is 4.01. The van der Waals surface area contributed by atoms with Crippen molar-refractivity contribution in [2.45, 2.75) is 6.42 Å². The Hall–Kier alpha value is -3.59. The summed E-state index contributed by atoms with van der Waals surface area (Å²) in [6, 6.07) is 11.4. The lowest BCUT2D eigenvalue weighted by atomic mass is 10.1. The van der Waals surface area contributed by atoms with Gasteiger partial charge in [0.05, 0.1) is 5.56 Å². The van der Waals surface area contributed by atoms with Gasteiger partial charge in [0.2, 0.25) is 0 Å². The first-order valence-corrected chi connectivity index (χ1v) is 8.74. The van der Waals surface area contributed by atoms with Crippen LogP contribution >= 0.6 is 11.3 Å². The van der Waals surface area contributed by atoms with Crippen LogP contribution in [0.2, 0.25) is 0 Å². The number of thiophene rings is 1. The number of hydrogen-bond acceptors (Lipinski definition) is 6. The molecule has 1 aromatic heterocycles. The van der Waals surface area contributed by atoms with E-state index in [1.54, 1.807) is 6.07 Å². The highest BCUT2D eigenvalue weighted by Gasteiger charge is 2.26. The summed E-state index contributed by atoms with van der Waals surface area (Å²) >= 11 is 1.29. The zero-order valence-electron chi connectivity index (χ0n) is 13.9. The van der Waals surface area contributed by atoms with Crippen LogP contribution in [-0.2, 0) is 6.42 Å². The van der Waals surface area contributed by atoms with Gasteiger partial charge in [-0.25, -0.2) is 19.7 Å². The number of fused-ring (bicyclic) bond motifs is 1. The van der Waals surface area contributed by atoms with Crippen molar-refractivity contribution in [3.63, 3.8) is 0 Å². The second-order valence-electron chi connectivity index (χ2n) is 5.77. The van der Waals surface area contributed by atoms with E-state index < -0.39 is 11.9 Å². The van der Waals surface area contributed by atoms with Crippen molar-refractivity contribution in [3.8, 4) is 16.5 Å². The summed E-state index contributed by atoms with van der Waals surface area (Å²) in [4.78, 5) is 36.8. The van der Waals surface area contributed by atoms with Crippen LogP contribution in [0, 0.1) is 0 Å². The zero-order chi connectivity index (χ0) is 19.0. The van der Waals surface area contributed by atoms with Gasteiger partial charge in [-0.2, -0.15) is 0 Å². The van der Waals surface area contributed by atoms with Crippen LogP contribution < -0.4 is 5.73 Å². The van der Waals surface area contributed by atoms with Crippen molar-refractivity contribution in [1.82, 2.24) is 19.5 Å². The molecule has 4 rings (SSSR count). The van der Waals surface area contributed by atoms with Crippen LogP contribution in [0.4, 0.5) is 0 Å². The Morgan fingerprint density at radius 3 is 2.63 bits per heavy atom. The Kier molecular flexibility index (Phi) is 4.13. The first kappa shape index (κ1) is 16.9. The quantitative estimate of drug-likeness (QED) is 0.548. The molecule has 2 aliphatic heterocycles. The monoisotopic (exact) mass is 379 g/mol. The molecule has 27 heavy (non-hydrogen) atoms. The lowest BCUT2D eigenvalue weighted by Crippen LogP contribution is -2.17. The van der Waals surface area contributed by atoms with E-state index >= 15 is 0 Å². The number of carbonyl (C=O) groups is 2. The van der Waals surface area contributed by atoms with Gasteiger partial charge in [0, 0.05) is 11.3 Å². The first-order valence-electron chi connectivity index (χ1n) is 7.92. The van der Waals surface area contributed by atoms with Crippen molar-refractivity contribution in [1.29, 1.82) is 0 Å². The molecular weight excluding hydrogens is 366 g/mol. The number of imidazole rings is 1. The van der Waals surface area contributed by atoms with Gasteiger partial charge in [0.25, 0.3) is 5.91 Å². The van der Waals surface area contributed by atoms with Crippen LogP contribution in [0.3, 0.4) is 0 Å². The van der Waals surface area contributed by atoms with E-state index in [1.165, 1.54) is 28.6 Å². The van der Waals surface area contributed by atoms with E-state index in [0.29, 0.717) is 11.4 Å². The molecule has 0 spiro atoms. The molecule has 134 valence electrons. The van der Waals surface area contributed by atoms with Gasteiger partial charge in [-0.3, -0.25) is 9.36 Å². The molecular formula is C18H13N5O3S. The topological polar surface area (TPSA) is 124 Å². The second-order valence-corrected chi connectivity index (χ2v) is 6.89. The van der Waals surface area contributed by atoms with Gasteiger partial charge in [-0.1, -0.05) is 30.3 Å². The molecule has 3 N–H and O–H groups in total. The van der Waals surface area contributed by atoms with E-state index in [0.717, 1.165) is 10.4 Å². The fraction of sp³-hybridized carbons (Fsp3) is 0.0556. The number of carbonyl (C=O) groups excluding carboxylic acids is 1. The fourth-order valence-electron chi connectivity index (χ4n) is 2.84. The summed E-state index contributed by atoms with van der Waals surface area (Å²) in [6.07, 6.45) is 3.17. The number of amides is 1. The molecule has 2 aromatic rings. The Balaban J connectivity index is 1.88. The van der Waals surface area contributed by atoms with Crippen molar-refractivity contribution in [2.24, 2.45) is 5.73 Å². The van der Waals surface area contributed by atoms with Crippen LogP contribution in [0.5, 0.6) is 0 Å². The van der Waals surface area contributed by atoms with E-state index in [-0.39, 0.29) is 22.8 Å². The highest BCUT2D eigenvalue weighted by Crippen LogP contribution is 2.31. The van der Waals surface area contributed by atoms with Crippen molar-refractivity contribution in [2.75, 3.05) is 0 Å². The fourth-order valence-corrected chi connectivity index (χ4v) is 4.01. The van der Waals surface area contributed by atoms with Gasteiger partial charge < -0.3 is 10.8 Å². The van der Waals surface area contributed by atoms with Crippen LogP contribution in [0.25, 0.3) is 16.5 Å². The number of carboxylic acids is 1. The zero-order valence-corrected chi connectivity index (χ0v) is 14.7. The first-order chi connectivity index (χ1) is 13.0. The van der Waals surface area contributed by atoms with Crippen LogP contribution in [0.15, 0.2) is 49.1 Å². The molecule has 0 saturated carbocycles. The molecule has 0 bridgehead atoms. The van der Waals surface area contributed by atoms with Gasteiger partial charge in [0.1, 0.15) is 23.3 Å². The van der Waals surface area contributed by atoms with E-state index in [4.69, 9.17) is 5.73 Å². The SMILES string of the molecule is NC(=O)c1cc(Cc2ccccc2)sc1-n1cnc2ncnc-2c1C(=O)O. The average Bonchev–Trinajstić information content (AvgIpc) is 3.28. The van der Waals surface area contributed by atoms with Crippen molar-refractivity contribution >= 4 is 23.2 Å². The largest absolute Gasteiger partial charge is 0.476 e. The summed E-state index contributed by atoms with van der Waals surface area (Å²) in [6.45, 7) is 0. The molecule has 1 amide bonds. The molecule has 0 fully saturated rings. The van der Waals surface area contributed by atoms with Crippen molar-refractivity contribution in [3.05, 3.63) is 70.8 Å². The van der Waals surface area contributed by atoms with Gasteiger partial charge >= 0.3 is 5.97 Å². The number of nitrogens with two attached hydrogens (primary N) is 1. The maximum Gasteiger partial charge on any atom is 0.355 e. The number of nitrogens with zero attached hydrogens (tertiary/aromatic N) is 4. The Morgan fingerprint density at radius 2 is 1.93 bits per heavy atom. The van der Waals surface area contributed by atoms with Crippen molar-refractivity contribution < 1.29 is 14.7 Å². The van der Waals surface area contributed by atoms with E-state index in [9.17, 15) is 14.7 Å². The summed E-state index contributed by atoms with van der Waals surface area (Å²) in [7, 11) is 0. The summed E-state index contributed by atoms with van der Waals surface area (Å²) < 4.78 is 1.33. The highest BCUT2D eigenvalue weighted by atomic mass is 32.1. The number of hydrogen-bond donors (Lipinski definition) is 2. The Morgan fingerprint density at radius 1 is 1.15 bits per heavy atom. The number of carboxylic acid groups (broad SMARTS) is 1. The third-order valence-corrected chi connectivity index (χ3v) is 5.15. The maximum atomic E-state index is 12.0. The number of benzene rings is 1. The summed E-state index contributed by atoms with van der Waals surface area (Å²) in [5, 5.41) is 10.1. The standard InChI is InChI=1S/C18H13N5O3S/c19-15(24)12-7-11(6-10-4-2-1-3-5-10)27-17(12)23-9-22-16-13(20-8-21-16)14(23)18(25)26/h1-5,7-9H,6H2,(H2,19,24)(H,25,26). The number of aromatic carboxylic acids is 1. The molecule has 0 aliphatic carbocycles. The third kappa shape index (κ3) is 3.04. The highest BCUT2D eigenvalue weighted by molar-refractivity contribution is 7.15. The molecule has 9 heteroatoms. The minimum atomic E-state index is -1.20. The molecule has 3 heterocycles. The number of primary amides is 1. The normalized spacial score (nSPS) is 11.0. The molecule has 0 saturated heterocycles.